The van der Waals surface area contributed by atoms with Crippen LogP contribution in [0.3, 0.4) is 0 Å². The first-order chi connectivity index (χ1) is 11.9. The summed E-state index contributed by atoms with van der Waals surface area (Å²) in [7, 11) is 0. The van der Waals surface area contributed by atoms with Crippen molar-refractivity contribution in [3.8, 4) is 0 Å². The molecule has 1 aliphatic heterocycles. The van der Waals surface area contributed by atoms with Gasteiger partial charge in [-0.3, -0.25) is 4.79 Å². The monoisotopic (exact) mass is 392 g/mol. The molecular formula is C21H26Cl2N2O. The number of carbonyl (C=O) groups is 1. The van der Waals surface area contributed by atoms with Crippen molar-refractivity contribution in [1.29, 1.82) is 0 Å². The van der Waals surface area contributed by atoms with Crippen LogP contribution < -0.4 is 5.73 Å². The predicted molar refractivity (Wildman–Crippen MR) is 110 cm³/mol. The molecule has 1 aliphatic rings. The van der Waals surface area contributed by atoms with Gasteiger partial charge in [0, 0.05) is 35.5 Å². The highest BCUT2D eigenvalue weighted by molar-refractivity contribution is 6.30. The zero-order chi connectivity index (χ0) is 18.0. The molecule has 1 amide bonds. The van der Waals surface area contributed by atoms with Gasteiger partial charge in [0.2, 0.25) is 5.91 Å². The van der Waals surface area contributed by atoms with Crippen LogP contribution in [0, 0.1) is 5.41 Å². The summed E-state index contributed by atoms with van der Waals surface area (Å²) in [6.07, 6.45) is 0.661. The van der Waals surface area contributed by atoms with E-state index < -0.39 is 5.41 Å². The van der Waals surface area contributed by atoms with E-state index >= 15 is 0 Å². The Morgan fingerprint density at radius 1 is 1.15 bits per heavy atom. The number of hydrogen-bond acceptors (Lipinski definition) is 2. The van der Waals surface area contributed by atoms with Crippen LogP contribution in [-0.2, 0) is 11.2 Å². The van der Waals surface area contributed by atoms with Gasteiger partial charge in [-0.25, -0.2) is 0 Å². The standard InChI is InChI=1S/C21H25ClN2O.ClH/c1-21(2,12-15-7-6-10-17(22)11-15)20(25)24-13-18(19(23)14-24)16-8-4-3-5-9-16;/h3-11,18-19H,12-14,23H2,1-2H3;1H/t18-,19+;/m0./s1. The third-order valence-corrected chi connectivity index (χ3v) is 5.23. The lowest BCUT2D eigenvalue weighted by molar-refractivity contribution is -0.139. The normalized spacial score (nSPS) is 19.9. The van der Waals surface area contributed by atoms with E-state index in [1.807, 2.05) is 61.2 Å². The van der Waals surface area contributed by atoms with Crippen molar-refractivity contribution in [3.05, 3.63) is 70.7 Å². The molecule has 0 saturated carbocycles. The quantitative estimate of drug-likeness (QED) is 0.843. The van der Waals surface area contributed by atoms with Crippen LogP contribution in [0.4, 0.5) is 0 Å². The lowest BCUT2D eigenvalue weighted by atomic mass is 9.84. The molecule has 1 fully saturated rings. The second-order valence-electron chi connectivity index (χ2n) is 7.58. The van der Waals surface area contributed by atoms with Gasteiger partial charge in [-0.1, -0.05) is 67.9 Å². The Morgan fingerprint density at radius 2 is 1.85 bits per heavy atom. The molecule has 0 unspecified atom stereocenters. The summed E-state index contributed by atoms with van der Waals surface area (Å²) in [6.45, 7) is 5.29. The van der Waals surface area contributed by atoms with Crippen molar-refractivity contribution >= 4 is 29.9 Å². The van der Waals surface area contributed by atoms with Gasteiger partial charge in [0.25, 0.3) is 0 Å². The topological polar surface area (TPSA) is 46.3 Å². The van der Waals surface area contributed by atoms with Crippen molar-refractivity contribution in [2.24, 2.45) is 11.1 Å². The third-order valence-electron chi connectivity index (χ3n) is 4.99. The minimum Gasteiger partial charge on any atom is -0.340 e. The number of benzene rings is 2. The molecule has 2 aromatic carbocycles. The Bertz CT molecular complexity index is 749. The fourth-order valence-corrected chi connectivity index (χ4v) is 3.92. The molecule has 3 rings (SSSR count). The van der Waals surface area contributed by atoms with E-state index in [1.165, 1.54) is 5.56 Å². The molecule has 140 valence electrons. The van der Waals surface area contributed by atoms with E-state index in [9.17, 15) is 4.79 Å². The number of carbonyl (C=O) groups excluding carboxylic acids is 1. The van der Waals surface area contributed by atoms with Gasteiger partial charge >= 0.3 is 0 Å². The number of rotatable bonds is 4. The summed E-state index contributed by atoms with van der Waals surface area (Å²) in [4.78, 5) is 15.0. The maximum atomic E-state index is 13.1. The van der Waals surface area contributed by atoms with Gasteiger partial charge in [0.05, 0.1) is 0 Å². The van der Waals surface area contributed by atoms with Crippen molar-refractivity contribution in [3.63, 3.8) is 0 Å². The lowest BCUT2D eigenvalue weighted by Crippen LogP contribution is -2.41. The van der Waals surface area contributed by atoms with E-state index in [2.05, 4.69) is 12.1 Å². The zero-order valence-electron chi connectivity index (χ0n) is 15.2. The van der Waals surface area contributed by atoms with Crippen molar-refractivity contribution < 1.29 is 4.79 Å². The maximum Gasteiger partial charge on any atom is 0.228 e. The maximum absolute atomic E-state index is 13.1. The second kappa shape index (κ2) is 8.43. The SMILES string of the molecule is CC(C)(Cc1cccc(Cl)c1)C(=O)N1C[C@@H](N)[C@H](c2ccccc2)C1.Cl. The van der Waals surface area contributed by atoms with E-state index in [0.29, 0.717) is 24.5 Å². The Morgan fingerprint density at radius 3 is 2.50 bits per heavy atom. The molecule has 0 radical (unpaired) electrons. The molecule has 0 bridgehead atoms. The highest BCUT2D eigenvalue weighted by Gasteiger charge is 2.39. The summed E-state index contributed by atoms with van der Waals surface area (Å²) in [6, 6.07) is 17.9. The van der Waals surface area contributed by atoms with Gasteiger partial charge in [-0.15, -0.1) is 12.4 Å². The van der Waals surface area contributed by atoms with Crippen molar-refractivity contribution in [2.45, 2.75) is 32.2 Å². The average Bonchev–Trinajstić information content (AvgIpc) is 2.96. The molecule has 2 N–H and O–H groups in total. The van der Waals surface area contributed by atoms with E-state index in [0.717, 1.165) is 5.56 Å². The van der Waals surface area contributed by atoms with Crippen LogP contribution in [0.5, 0.6) is 0 Å². The zero-order valence-corrected chi connectivity index (χ0v) is 16.8. The van der Waals surface area contributed by atoms with Crippen LogP contribution in [0.15, 0.2) is 54.6 Å². The molecular weight excluding hydrogens is 367 g/mol. The van der Waals surface area contributed by atoms with E-state index in [-0.39, 0.29) is 30.3 Å². The smallest absolute Gasteiger partial charge is 0.228 e. The fourth-order valence-electron chi connectivity index (χ4n) is 3.71. The predicted octanol–water partition coefficient (Wildman–Crippen LogP) is 4.28. The second-order valence-corrected chi connectivity index (χ2v) is 8.02. The van der Waals surface area contributed by atoms with Crippen LogP contribution in [0.1, 0.15) is 30.9 Å². The Kier molecular flexibility index (Phi) is 6.73. The molecule has 1 heterocycles. The van der Waals surface area contributed by atoms with Crippen molar-refractivity contribution in [1.82, 2.24) is 4.90 Å². The number of likely N-dealkylation sites (tertiary alicyclic amines) is 1. The molecule has 26 heavy (non-hydrogen) atoms. The van der Waals surface area contributed by atoms with Crippen LogP contribution in [0.2, 0.25) is 5.02 Å². The van der Waals surface area contributed by atoms with E-state index in [1.54, 1.807) is 0 Å². The highest BCUT2D eigenvalue weighted by Crippen LogP contribution is 2.32. The number of hydrogen-bond donors (Lipinski definition) is 1. The number of amides is 1. The minimum absolute atomic E-state index is 0. The molecule has 0 aliphatic carbocycles. The van der Waals surface area contributed by atoms with Gasteiger partial charge in [0.1, 0.15) is 0 Å². The summed E-state index contributed by atoms with van der Waals surface area (Å²) in [5, 5.41) is 0.702. The Balaban J connectivity index is 0.00000243. The lowest BCUT2D eigenvalue weighted by Gasteiger charge is -2.29. The van der Waals surface area contributed by atoms with Gasteiger partial charge < -0.3 is 10.6 Å². The van der Waals surface area contributed by atoms with Crippen molar-refractivity contribution in [2.75, 3.05) is 13.1 Å². The molecule has 3 nitrogen and oxygen atoms in total. The summed E-state index contributed by atoms with van der Waals surface area (Å²) < 4.78 is 0. The Hall–Kier alpha value is -1.55. The van der Waals surface area contributed by atoms with Crippen LogP contribution >= 0.6 is 24.0 Å². The van der Waals surface area contributed by atoms with Crippen LogP contribution in [-0.4, -0.2) is 29.9 Å². The summed E-state index contributed by atoms with van der Waals surface area (Å²) in [5.74, 6) is 0.355. The molecule has 0 aromatic heterocycles. The fraction of sp³-hybridized carbons (Fsp3) is 0.381. The summed E-state index contributed by atoms with van der Waals surface area (Å²) >= 11 is 6.07. The molecule has 2 aromatic rings. The molecule has 1 saturated heterocycles. The first-order valence-corrected chi connectivity index (χ1v) is 9.09. The minimum atomic E-state index is -0.490. The molecule has 0 spiro atoms. The third kappa shape index (κ3) is 4.59. The number of halogens is 2. The number of nitrogens with two attached hydrogens (primary N) is 1. The van der Waals surface area contributed by atoms with Crippen LogP contribution in [0.25, 0.3) is 0 Å². The Labute approximate surface area is 166 Å². The number of nitrogens with zero attached hydrogens (tertiary/aromatic N) is 1. The van der Waals surface area contributed by atoms with Gasteiger partial charge in [-0.2, -0.15) is 0 Å². The highest BCUT2D eigenvalue weighted by atomic mass is 35.5. The molecule has 5 heteroatoms. The van der Waals surface area contributed by atoms with Gasteiger partial charge in [0.15, 0.2) is 0 Å². The first kappa shape index (κ1) is 20.8. The largest absolute Gasteiger partial charge is 0.340 e. The average molecular weight is 393 g/mol. The summed E-state index contributed by atoms with van der Waals surface area (Å²) in [5.41, 5.74) is 8.14. The van der Waals surface area contributed by atoms with E-state index in [4.69, 9.17) is 17.3 Å². The molecule has 2 atom stereocenters. The first-order valence-electron chi connectivity index (χ1n) is 8.71. The van der Waals surface area contributed by atoms with Gasteiger partial charge in [-0.05, 0) is 29.7 Å².